The lowest BCUT2D eigenvalue weighted by Gasteiger charge is -2.16. The zero-order valence-electron chi connectivity index (χ0n) is 15.0. The molecule has 1 aromatic heterocycles. The lowest BCUT2D eigenvalue weighted by molar-refractivity contribution is 0.0157. The second-order valence-electron chi connectivity index (χ2n) is 5.71. The number of aliphatic hydroxyl groups excluding tert-OH is 2. The summed E-state index contributed by atoms with van der Waals surface area (Å²) in [6, 6.07) is 12.4. The summed E-state index contributed by atoms with van der Waals surface area (Å²) in [5.74, 6) is -0.460. The minimum atomic E-state index is -1.15. The van der Waals surface area contributed by atoms with Crippen LogP contribution in [0.1, 0.15) is 39.6 Å². The first-order valence-corrected chi connectivity index (χ1v) is 9.40. The van der Waals surface area contributed by atoms with Crippen LogP contribution in [0, 0.1) is 0 Å². The van der Waals surface area contributed by atoms with Gasteiger partial charge < -0.3 is 25.0 Å². The van der Waals surface area contributed by atoms with Gasteiger partial charge in [0.25, 0.3) is 0 Å². The van der Waals surface area contributed by atoms with E-state index < -0.39 is 24.3 Å². The number of alkyl carbamates (subject to hydrolysis) is 1. The van der Waals surface area contributed by atoms with Gasteiger partial charge in [0.2, 0.25) is 0 Å². The van der Waals surface area contributed by atoms with Gasteiger partial charge in [-0.15, -0.1) is 11.3 Å². The third-order valence-electron chi connectivity index (χ3n) is 3.68. The average Bonchev–Trinajstić information content (AvgIpc) is 3.17. The van der Waals surface area contributed by atoms with Gasteiger partial charge in [0, 0.05) is 11.4 Å². The third-order valence-corrected chi connectivity index (χ3v) is 4.82. The van der Waals surface area contributed by atoms with Crippen molar-refractivity contribution in [2.75, 3.05) is 13.2 Å². The maximum Gasteiger partial charge on any atom is 0.407 e. The molecular weight excluding hydrogens is 370 g/mol. The van der Waals surface area contributed by atoms with Crippen molar-refractivity contribution in [3.05, 3.63) is 57.8 Å². The van der Waals surface area contributed by atoms with E-state index in [0.717, 1.165) is 16.9 Å². The molecule has 8 heteroatoms. The van der Waals surface area contributed by atoms with E-state index in [2.05, 4.69) is 5.32 Å². The molecule has 7 nitrogen and oxygen atoms in total. The number of amides is 1. The number of esters is 1. The van der Waals surface area contributed by atoms with Gasteiger partial charge in [0.05, 0.1) is 12.7 Å². The molecule has 146 valence electrons. The fourth-order valence-electron chi connectivity index (χ4n) is 2.27. The Hall–Kier alpha value is -2.42. The van der Waals surface area contributed by atoms with Crippen molar-refractivity contribution in [1.29, 1.82) is 0 Å². The van der Waals surface area contributed by atoms with Crippen LogP contribution in [0.2, 0.25) is 0 Å². The number of aliphatic hydroxyl groups is 2. The molecule has 1 amide bonds. The van der Waals surface area contributed by atoms with Crippen molar-refractivity contribution in [1.82, 2.24) is 5.32 Å². The predicted octanol–water partition coefficient (Wildman–Crippen LogP) is 2.64. The Morgan fingerprint density at radius 1 is 1.11 bits per heavy atom. The highest BCUT2D eigenvalue weighted by atomic mass is 32.1. The summed E-state index contributed by atoms with van der Waals surface area (Å²) in [5, 5.41) is 22.8. The number of rotatable bonds is 9. The zero-order valence-corrected chi connectivity index (χ0v) is 15.8. The van der Waals surface area contributed by atoms with E-state index in [1.165, 1.54) is 0 Å². The van der Waals surface area contributed by atoms with Crippen LogP contribution in [0.15, 0.2) is 42.5 Å². The monoisotopic (exact) mass is 393 g/mol. The van der Waals surface area contributed by atoms with E-state index >= 15 is 0 Å². The Bertz CT molecular complexity index is 733. The van der Waals surface area contributed by atoms with Gasteiger partial charge in [0.1, 0.15) is 17.6 Å². The fraction of sp³-hybridized carbons (Fsp3) is 0.368. The second-order valence-corrected chi connectivity index (χ2v) is 6.83. The molecule has 0 fully saturated rings. The Labute approximate surface area is 161 Å². The summed E-state index contributed by atoms with van der Waals surface area (Å²) in [4.78, 5) is 24.1. The van der Waals surface area contributed by atoms with Crippen molar-refractivity contribution in [3.8, 4) is 0 Å². The van der Waals surface area contributed by atoms with Crippen molar-refractivity contribution in [2.45, 2.75) is 32.2 Å². The zero-order chi connectivity index (χ0) is 19.6. The van der Waals surface area contributed by atoms with E-state index in [1.54, 1.807) is 19.1 Å². The van der Waals surface area contributed by atoms with Gasteiger partial charge in [-0.25, -0.2) is 9.59 Å². The normalized spacial score (nSPS) is 12.9. The number of hydrogen-bond acceptors (Lipinski definition) is 7. The molecular formula is C19H23NO6S. The van der Waals surface area contributed by atoms with Gasteiger partial charge in [-0.05, 0) is 31.0 Å². The maximum absolute atomic E-state index is 11.7. The Morgan fingerprint density at radius 2 is 1.85 bits per heavy atom. The molecule has 1 aromatic carbocycles. The first kappa shape index (κ1) is 20.9. The average molecular weight is 393 g/mol. The van der Waals surface area contributed by atoms with Crippen LogP contribution in [-0.2, 0) is 16.1 Å². The van der Waals surface area contributed by atoms with E-state index in [9.17, 15) is 19.8 Å². The molecule has 2 rings (SSSR count). The van der Waals surface area contributed by atoms with Gasteiger partial charge in [-0.3, -0.25) is 0 Å². The van der Waals surface area contributed by atoms with Crippen molar-refractivity contribution >= 4 is 23.4 Å². The number of carbonyl (C=O) groups excluding carboxylic acids is 2. The largest absolute Gasteiger partial charge is 0.462 e. The van der Waals surface area contributed by atoms with Crippen molar-refractivity contribution in [2.24, 2.45) is 0 Å². The summed E-state index contributed by atoms with van der Waals surface area (Å²) in [5.41, 5.74) is 0.873. The molecule has 0 saturated carbocycles. The summed E-state index contributed by atoms with van der Waals surface area (Å²) in [6.07, 6.45) is -2.71. The van der Waals surface area contributed by atoms with E-state index in [4.69, 9.17) is 9.47 Å². The maximum atomic E-state index is 11.7. The molecule has 0 aliphatic carbocycles. The molecule has 2 aromatic rings. The standard InChI is InChI=1S/C19H23NO6S/c1-2-25-18(23)16-9-8-15(27-16)17(22)14(21)10-11-20-19(24)26-12-13-6-4-3-5-7-13/h3-9,14,17,21-22H,2,10-12H2,1H3,(H,20,24). The third kappa shape index (κ3) is 6.67. The summed E-state index contributed by atoms with van der Waals surface area (Å²) < 4.78 is 9.96. The number of benzene rings is 1. The highest BCUT2D eigenvalue weighted by Crippen LogP contribution is 2.27. The molecule has 2 atom stereocenters. The summed E-state index contributed by atoms with van der Waals surface area (Å²) in [7, 11) is 0. The van der Waals surface area contributed by atoms with E-state index in [-0.39, 0.29) is 26.2 Å². The summed E-state index contributed by atoms with van der Waals surface area (Å²) in [6.45, 7) is 2.28. The smallest absolute Gasteiger partial charge is 0.407 e. The van der Waals surface area contributed by atoms with Crippen LogP contribution < -0.4 is 5.32 Å². The minimum Gasteiger partial charge on any atom is -0.462 e. The van der Waals surface area contributed by atoms with Gasteiger partial charge in [-0.1, -0.05) is 30.3 Å². The number of ether oxygens (including phenoxy) is 2. The number of carbonyl (C=O) groups is 2. The highest BCUT2D eigenvalue weighted by Gasteiger charge is 2.22. The first-order chi connectivity index (χ1) is 13.0. The van der Waals surface area contributed by atoms with E-state index in [0.29, 0.717) is 9.75 Å². The molecule has 3 N–H and O–H groups in total. The minimum absolute atomic E-state index is 0.133. The fourth-order valence-corrected chi connectivity index (χ4v) is 3.21. The molecule has 0 saturated heterocycles. The van der Waals surface area contributed by atoms with E-state index in [1.807, 2.05) is 30.3 Å². The highest BCUT2D eigenvalue weighted by molar-refractivity contribution is 7.14. The predicted molar refractivity (Wildman–Crippen MR) is 100 cm³/mol. The molecule has 0 spiro atoms. The first-order valence-electron chi connectivity index (χ1n) is 8.58. The van der Waals surface area contributed by atoms with Crippen LogP contribution in [0.5, 0.6) is 0 Å². The van der Waals surface area contributed by atoms with Gasteiger partial charge in [-0.2, -0.15) is 0 Å². The molecule has 27 heavy (non-hydrogen) atoms. The lowest BCUT2D eigenvalue weighted by Crippen LogP contribution is -2.29. The van der Waals surface area contributed by atoms with Crippen LogP contribution in [0.25, 0.3) is 0 Å². The van der Waals surface area contributed by atoms with Crippen LogP contribution >= 0.6 is 11.3 Å². The van der Waals surface area contributed by atoms with Crippen LogP contribution in [-0.4, -0.2) is 41.5 Å². The molecule has 0 aliphatic rings. The Balaban J connectivity index is 1.72. The van der Waals surface area contributed by atoms with Crippen LogP contribution in [0.3, 0.4) is 0 Å². The number of hydrogen-bond donors (Lipinski definition) is 3. The Kier molecular flexibility index (Phi) is 8.25. The van der Waals surface area contributed by atoms with Gasteiger partial charge in [0.15, 0.2) is 0 Å². The molecule has 0 aliphatic heterocycles. The molecule has 0 radical (unpaired) electrons. The number of nitrogens with one attached hydrogen (secondary N) is 1. The van der Waals surface area contributed by atoms with Crippen molar-refractivity contribution < 1.29 is 29.3 Å². The molecule has 2 unspecified atom stereocenters. The molecule has 0 bridgehead atoms. The SMILES string of the molecule is CCOC(=O)c1ccc(C(O)C(O)CCNC(=O)OCc2ccccc2)s1. The van der Waals surface area contributed by atoms with Gasteiger partial charge >= 0.3 is 12.1 Å². The van der Waals surface area contributed by atoms with Crippen molar-refractivity contribution in [3.63, 3.8) is 0 Å². The number of thiophene rings is 1. The second kappa shape index (κ2) is 10.7. The Morgan fingerprint density at radius 3 is 2.56 bits per heavy atom. The lowest BCUT2D eigenvalue weighted by atomic mass is 10.1. The van der Waals surface area contributed by atoms with Crippen LogP contribution in [0.4, 0.5) is 4.79 Å². The molecule has 1 heterocycles. The quantitative estimate of drug-likeness (QED) is 0.566. The topological polar surface area (TPSA) is 105 Å². The summed E-state index contributed by atoms with van der Waals surface area (Å²) >= 11 is 1.07.